The monoisotopic (exact) mass is 421 g/mol. The molecule has 0 spiro atoms. The van der Waals surface area contributed by atoms with E-state index in [0.717, 1.165) is 19.4 Å². The third kappa shape index (κ3) is 8.24. The number of hydrogen-bond acceptors (Lipinski definition) is 7. The van der Waals surface area contributed by atoms with E-state index in [4.69, 9.17) is 30.7 Å². The van der Waals surface area contributed by atoms with Crippen molar-refractivity contribution in [1.82, 2.24) is 4.67 Å². The third-order valence-corrected chi connectivity index (χ3v) is 7.74. The zero-order valence-corrected chi connectivity index (χ0v) is 19.2. The molecule has 0 aromatic rings. The molecule has 156 valence electrons. The van der Waals surface area contributed by atoms with Crippen molar-refractivity contribution in [3.05, 3.63) is 11.9 Å². The summed E-state index contributed by atoms with van der Waals surface area (Å²) in [7, 11) is 4.13. The van der Waals surface area contributed by atoms with E-state index >= 15 is 0 Å². The minimum Gasteiger partial charge on any atom is -0.378 e. The predicted molar refractivity (Wildman–Crippen MR) is 110 cm³/mol. The molecule has 1 fully saturated rings. The van der Waals surface area contributed by atoms with Crippen LogP contribution in [0.4, 0.5) is 0 Å². The second-order valence-corrected chi connectivity index (χ2v) is 10.1. The molecule has 0 aromatic carbocycles. The lowest BCUT2D eigenvalue weighted by molar-refractivity contribution is -0.0582. The lowest BCUT2D eigenvalue weighted by Gasteiger charge is -2.39. The van der Waals surface area contributed by atoms with E-state index in [0.29, 0.717) is 19.1 Å². The van der Waals surface area contributed by atoms with Crippen molar-refractivity contribution in [2.45, 2.75) is 71.2 Å². The van der Waals surface area contributed by atoms with Gasteiger partial charge in [-0.3, -0.25) is 4.57 Å². The Morgan fingerprint density at radius 3 is 2.48 bits per heavy atom. The molecule has 2 radical (unpaired) electrons. The first-order valence-electron chi connectivity index (χ1n) is 9.48. The smallest absolute Gasteiger partial charge is 0.353 e. The molecule has 1 heterocycles. The fourth-order valence-corrected chi connectivity index (χ4v) is 5.15. The van der Waals surface area contributed by atoms with Crippen molar-refractivity contribution in [3.63, 3.8) is 0 Å². The molecule has 7 nitrogen and oxygen atoms in total. The second-order valence-electron chi connectivity index (χ2n) is 6.53. The molecule has 1 aliphatic heterocycles. The van der Waals surface area contributed by atoms with Gasteiger partial charge in [-0.05, 0) is 39.2 Å². The fraction of sp³-hybridized carbons (Fsp3) is 0.882. The summed E-state index contributed by atoms with van der Waals surface area (Å²) in [4.78, 5) is 0. The van der Waals surface area contributed by atoms with Gasteiger partial charge >= 0.3 is 7.60 Å². The first-order valence-corrected chi connectivity index (χ1v) is 12.2. The van der Waals surface area contributed by atoms with Crippen LogP contribution in [0.1, 0.15) is 47.0 Å². The van der Waals surface area contributed by atoms with Gasteiger partial charge in [0.25, 0.3) is 8.53 Å². The molecule has 0 amide bonds. The number of hydrogen-bond donors (Lipinski definition) is 0. The van der Waals surface area contributed by atoms with Crippen LogP contribution in [-0.2, 0) is 27.4 Å². The Bertz CT molecular complexity index is 488. The minimum atomic E-state index is -3.28. The first kappa shape index (κ1) is 25.3. The minimum absolute atomic E-state index is 0.251. The van der Waals surface area contributed by atoms with Crippen LogP contribution in [0.3, 0.4) is 0 Å². The first-order chi connectivity index (χ1) is 12.8. The van der Waals surface area contributed by atoms with Gasteiger partial charge in [0, 0.05) is 38.6 Å². The van der Waals surface area contributed by atoms with Crippen LogP contribution in [0.2, 0.25) is 0 Å². The Morgan fingerprint density at radius 2 is 1.96 bits per heavy atom. The average molecular weight is 421 g/mol. The third-order valence-electron chi connectivity index (χ3n) is 4.16. The summed E-state index contributed by atoms with van der Waals surface area (Å²) in [5.41, 5.74) is 0. The summed E-state index contributed by atoms with van der Waals surface area (Å²) in [6.07, 6.45) is 3.29. The maximum absolute atomic E-state index is 12.3. The van der Waals surface area contributed by atoms with Crippen molar-refractivity contribution in [2.75, 3.05) is 27.4 Å². The van der Waals surface area contributed by atoms with Crippen LogP contribution in [0.5, 0.6) is 0 Å². The molecule has 1 rings (SSSR count). The lowest BCUT2D eigenvalue weighted by Crippen LogP contribution is -2.40. The molecule has 1 aliphatic rings. The Morgan fingerprint density at radius 1 is 1.30 bits per heavy atom. The van der Waals surface area contributed by atoms with Gasteiger partial charge in [0.1, 0.15) is 14.0 Å². The molecule has 10 heteroatoms. The van der Waals surface area contributed by atoms with E-state index in [9.17, 15) is 4.57 Å². The van der Waals surface area contributed by atoms with E-state index in [1.807, 2.05) is 0 Å². The average Bonchev–Trinajstić information content (AvgIpc) is 2.65. The molecular formula is C17H34BNO6P2. The zero-order chi connectivity index (χ0) is 20.4. The van der Waals surface area contributed by atoms with Gasteiger partial charge in [-0.2, -0.15) is 0 Å². The molecule has 0 aliphatic carbocycles. The summed E-state index contributed by atoms with van der Waals surface area (Å²) in [6.45, 7) is 9.85. The van der Waals surface area contributed by atoms with Crippen molar-refractivity contribution in [2.24, 2.45) is 0 Å². The standard InChI is InChI=1S/C17H34BNO6P2/c1-7-12-23-26(19(8-2)14(3)4)25-16-9-10-17(18)24-15(16)11-13-27(20,21-5)22-6/h11,13-17H,7-10,12H2,1-6H3/b13-11+/t15-,16?,17-,26?/m1/s1. The highest BCUT2D eigenvalue weighted by Gasteiger charge is 2.34. The van der Waals surface area contributed by atoms with E-state index in [1.165, 1.54) is 20.0 Å². The van der Waals surface area contributed by atoms with Crippen LogP contribution in [0.15, 0.2) is 11.9 Å². The predicted octanol–water partition coefficient (Wildman–Crippen LogP) is 4.43. The Balaban J connectivity index is 2.95. The maximum Gasteiger partial charge on any atom is 0.353 e. The summed E-state index contributed by atoms with van der Waals surface area (Å²) in [5.74, 6) is 1.40. The Labute approximate surface area is 167 Å². The van der Waals surface area contributed by atoms with Gasteiger partial charge in [0.2, 0.25) is 0 Å². The van der Waals surface area contributed by atoms with E-state index in [-0.39, 0.29) is 12.1 Å². The number of nitrogens with zero attached hydrogens (tertiary/aromatic N) is 1. The molecule has 0 saturated carbocycles. The van der Waals surface area contributed by atoms with Gasteiger partial charge in [-0.1, -0.05) is 13.8 Å². The topological polar surface area (TPSA) is 66.5 Å². The van der Waals surface area contributed by atoms with Gasteiger partial charge in [-0.25, -0.2) is 4.67 Å². The van der Waals surface area contributed by atoms with Gasteiger partial charge in [0.15, 0.2) is 0 Å². The molecule has 4 atom stereocenters. The van der Waals surface area contributed by atoms with Crippen LogP contribution < -0.4 is 0 Å². The Hall–Kier alpha value is 0.225. The second kappa shape index (κ2) is 12.7. The Kier molecular flexibility index (Phi) is 11.9. The largest absolute Gasteiger partial charge is 0.378 e. The van der Waals surface area contributed by atoms with Gasteiger partial charge in [0.05, 0.1) is 12.7 Å². The van der Waals surface area contributed by atoms with E-state index in [2.05, 4.69) is 32.4 Å². The molecule has 0 bridgehead atoms. The van der Waals surface area contributed by atoms with Gasteiger partial charge < -0.3 is 22.8 Å². The van der Waals surface area contributed by atoms with Crippen LogP contribution in [0, 0.1) is 0 Å². The van der Waals surface area contributed by atoms with E-state index in [1.54, 1.807) is 6.08 Å². The maximum atomic E-state index is 12.3. The van der Waals surface area contributed by atoms with Crippen LogP contribution >= 0.6 is 16.1 Å². The quantitative estimate of drug-likeness (QED) is 0.341. The van der Waals surface area contributed by atoms with E-state index < -0.39 is 22.2 Å². The number of rotatable bonds is 12. The normalized spacial score (nSPS) is 25.6. The summed E-state index contributed by atoms with van der Waals surface area (Å²) >= 11 is 0. The van der Waals surface area contributed by atoms with Crippen molar-refractivity contribution < 1.29 is 27.4 Å². The number of ether oxygens (including phenoxy) is 1. The van der Waals surface area contributed by atoms with Crippen molar-refractivity contribution in [3.8, 4) is 0 Å². The summed E-state index contributed by atoms with van der Waals surface area (Å²) in [5, 5.41) is 0. The molecule has 27 heavy (non-hydrogen) atoms. The zero-order valence-electron chi connectivity index (χ0n) is 17.4. The molecule has 0 N–H and O–H groups in total. The molecule has 0 aromatic heterocycles. The molecule has 2 unspecified atom stereocenters. The van der Waals surface area contributed by atoms with Crippen LogP contribution in [-0.4, -0.2) is 64.1 Å². The molecule has 1 saturated heterocycles. The highest BCUT2D eigenvalue weighted by atomic mass is 31.2. The highest BCUT2D eigenvalue weighted by Crippen LogP contribution is 2.50. The van der Waals surface area contributed by atoms with Gasteiger partial charge in [-0.15, -0.1) is 0 Å². The van der Waals surface area contributed by atoms with Crippen LogP contribution in [0.25, 0.3) is 0 Å². The molecular weight excluding hydrogens is 387 g/mol. The summed E-state index contributed by atoms with van der Waals surface area (Å²) < 4.78 is 42.6. The summed E-state index contributed by atoms with van der Waals surface area (Å²) in [6, 6.07) is -0.0972. The van der Waals surface area contributed by atoms with Crippen molar-refractivity contribution >= 4 is 24.0 Å². The SMILES string of the molecule is [B][C@H]1CCC(OP(OCCC)N(CC)C(C)C)[C@@H](/C=C/P(=O)(OC)OC)O1. The fourth-order valence-electron chi connectivity index (χ4n) is 2.64. The van der Waals surface area contributed by atoms with Crippen molar-refractivity contribution in [1.29, 1.82) is 0 Å². The highest BCUT2D eigenvalue weighted by molar-refractivity contribution is 7.57. The lowest BCUT2D eigenvalue weighted by atomic mass is 9.89.